The Labute approximate surface area is 444 Å². The summed E-state index contributed by atoms with van der Waals surface area (Å²) in [6.07, 6.45) is 17.9. The lowest BCUT2D eigenvalue weighted by molar-refractivity contribution is 0.283. The molecule has 1 aromatic heterocycles. The molecule has 0 saturated heterocycles. The van der Waals surface area contributed by atoms with E-state index in [4.69, 9.17) is 0 Å². The van der Waals surface area contributed by atoms with Crippen LogP contribution in [-0.4, -0.2) is 17.7 Å². The molecule has 10 rings (SSSR count). The van der Waals surface area contributed by atoms with E-state index in [-0.39, 0.29) is 12.0 Å². The van der Waals surface area contributed by atoms with Gasteiger partial charge in [-0.25, -0.2) is 0 Å². The van der Waals surface area contributed by atoms with Gasteiger partial charge in [0.15, 0.2) is 0 Å². The van der Waals surface area contributed by atoms with Gasteiger partial charge in [-0.3, -0.25) is 0 Å². The predicted molar refractivity (Wildman–Crippen MR) is 322 cm³/mol. The zero-order valence-electron chi connectivity index (χ0n) is 45.0. The van der Waals surface area contributed by atoms with E-state index in [2.05, 4.69) is 219 Å². The first-order valence-corrected chi connectivity index (χ1v) is 31.4. The molecule has 0 spiro atoms. The number of benzene rings is 8. The average Bonchev–Trinajstić information content (AvgIpc) is 3.91. The molecule has 1 aliphatic carbocycles. The van der Waals surface area contributed by atoms with Gasteiger partial charge in [0.05, 0.1) is 6.61 Å². The Morgan fingerprint density at radius 2 is 0.905 bits per heavy atom. The molecule has 74 heavy (non-hydrogen) atoms. The second-order valence-corrected chi connectivity index (χ2v) is 26.2. The van der Waals surface area contributed by atoms with Gasteiger partial charge in [0, 0.05) is 50.8 Å². The highest BCUT2D eigenvalue weighted by atomic mass is 28.3. The Balaban J connectivity index is 1.06. The summed E-state index contributed by atoms with van der Waals surface area (Å²) in [5.41, 5.74) is 18.1. The van der Waals surface area contributed by atoms with Crippen LogP contribution in [0.2, 0.25) is 13.1 Å². The van der Waals surface area contributed by atoms with E-state index in [9.17, 15) is 5.11 Å². The number of anilines is 3. The number of rotatable bonds is 23. The van der Waals surface area contributed by atoms with E-state index >= 15 is 0 Å². The molecular formula is C70H78N2OSi. The minimum absolute atomic E-state index is 0.0669. The average molecular weight is 991 g/mol. The second-order valence-electron chi connectivity index (χ2n) is 21.8. The van der Waals surface area contributed by atoms with Crippen LogP contribution in [0.1, 0.15) is 127 Å². The molecule has 0 atom stereocenters. The van der Waals surface area contributed by atoms with Crippen molar-refractivity contribution in [2.75, 3.05) is 4.90 Å². The molecule has 0 radical (unpaired) electrons. The minimum Gasteiger partial charge on any atom is -0.392 e. The Morgan fingerprint density at radius 1 is 0.446 bits per heavy atom. The van der Waals surface area contributed by atoms with Gasteiger partial charge >= 0.3 is 0 Å². The van der Waals surface area contributed by atoms with Crippen molar-refractivity contribution in [1.82, 2.24) is 4.57 Å². The maximum Gasteiger partial charge on any atom is 0.112 e. The van der Waals surface area contributed by atoms with Gasteiger partial charge < -0.3 is 14.6 Å². The number of fused-ring (bicyclic) bond motifs is 6. The van der Waals surface area contributed by atoms with Crippen molar-refractivity contribution in [3.05, 3.63) is 199 Å². The molecule has 0 bridgehead atoms. The van der Waals surface area contributed by atoms with Crippen LogP contribution >= 0.6 is 0 Å². The molecule has 1 aliphatic rings. The first kappa shape index (κ1) is 51.0. The molecular weight excluding hydrogens is 913 g/mol. The number of hydrogen-bond donors (Lipinski definition) is 1. The van der Waals surface area contributed by atoms with E-state index in [1.165, 1.54) is 167 Å². The molecule has 0 fully saturated rings. The van der Waals surface area contributed by atoms with Crippen LogP contribution in [0.5, 0.6) is 0 Å². The monoisotopic (exact) mass is 991 g/mol. The largest absolute Gasteiger partial charge is 0.392 e. The van der Waals surface area contributed by atoms with Crippen LogP contribution in [0.25, 0.3) is 55.2 Å². The van der Waals surface area contributed by atoms with Crippen molar-refractivity contribution in [3.63, 3.8) is 0 Å². The topological polar surface area (TPSA) is 28.4 Å². The van der Waals surface area contributed by atoms with E-state index in [0.717, 1.165) is 29.2 Å². The highest BCUT2D eigenvalue weighted by Gasteiger charge is 2.43. The molecule has 4 heteroatoms. The first-order chi connectivity index (χ1) is 36.3. The van der Waals surface area contributed by atoms with Crippen molar-refractivity contribution in [1.29, 1.82) is 0 Å². The third-order valence-corrected chi connectivity index (χ3v) is 20.4. The quantitative estimate of drug-likeness (QED) is 0.0511. The Hall–Kier alpha value is -6.46. The normalized spacial score (nSPS) is 12.9. The first-order valence-electron chi connectivity index (χ1n) is 28.4. The zero-order chi connectivity index (χ0) is 51.1. The maximum atomic E-state index is 10.4. The number of para-hydroxylation sites is 2. The maximum absolute atomic E-state index is 10.4. The van der Waals surface area contributed by atoms with Gasteiger partial charge in [-0.05, 0) is 142 Å². The molecule has 0 unspecified atom stereocenters. The second kappa shape index (κ2) is 23.0. The summed E-state index contributed by atoms with van der Waals surface area (Å²) in [4.78, 5) is 2.35. The van der Waals surface area contributed by atoms with Crippen LogP contribution in [0.15, 0.2) is 182 Å². The zero-order valence-corrected chi connectivity index (χ0v) is 46.0. The highest BCUT2D eigenvalue weighted by Crippen LogP contribution is 2.56. The summed E-state index contributed by atoms with van der Waals surface area (Å²) < 4.78 is 2.49. The van der Waals surface area contributed by atoms with Crippen molar-refractivity contribution >= 4 is 57.3 Å². The fraction of sp³-hybridized carbons (Fsp3) is 0.314. The molecule has 0 aliphatic heterocycles. The summed E-state index contributed by atoms with van der Waals surface area (Å²) in [6.45, 7) is 12.8. The van der Waals surface area contributed by atoms with E-state index in [1.807, 2.05) is 6.07 Å². The van der Waals surface area contributed by atoms with Crippen LogP contribution in [0, 0.1) is 0 Å². The van der Waals surface area contributed by atoms with Crippen molar-refractivity contribution in [2.24, 2.45) is 0 Å². The van der Waals surface area contributed by atoms with Crippen LogP contribution in [-0.2, 0) is 18.6 Å². The third-order valence-electron chi connectivity index (χ3n) is 16.9. The van der Waals surface area contributed by atoms with Gasteiger partial charge in [-0.1, -0.05) is 224 Å². The third kappa shape index (κ3) is 10.1. The summed E-state index contributed by atoms with van der Waals surface area (Å²) >= 11 is 0. The summed E-state index contributed by atoms with van der Waals surface area (Å²) in [5, 5.41) is 15.7. The van der Waals surface area contributed by atoms with Crippen molar-refractivity contribution < 1.29 is 5.11 Å². The molecule has 1 N–H and O–H groups in total. The molecule has 8 aromatic carbocycles. The van der Waals surface area contributed by atoms with Gasteiger partial charge in [0.2, 0.25) is 0 Å². The SMILES string of the molecule is CCCCCCCCC1(CCCCCCCC)c2cc(-c3ccc(N(c4ccccc4)c4ccccc4)cc3)ccc2-c2ccc(-c3ccc4c(c3)c3cc([Si](C)(C)c5ccccc5CO)ccc3n4CC)cc21. The molecule has 9 aromatic rings. The molecule has 378 valence electrons. The van der Waals surface area contributed by atoms with Crippen molar-refractivity contribution in [2.45, 2.75) is 142 Å². The van der Waals surface area contributed by atoms with E-state index in [1.54, 1.807) is 0 Å². The number of aliphatic hydroxyl groups is 1. The van der Waals surface area contributed by atoms with Crippen molar-refractivity contribution in [3.8, 4) is 33.4 Å². The molecule has 0 saturated carbocycles. The smallest absolute Gasteiger partial charge is 0.112 e. The number of unbranched alkanes of at least 4 members (excludes halogenated alkanes) is 10. The summed E-state index contributed by atoms with van der Waals surface area (Å²) in [7, 11) is -2.14. The fourth-order valence-electron chi connectivity index (χ4n) is 12.8. The van der Waals surface area contributed by atoms with E-state index in [0.29, 0.717) is 0 Å². The van der Waals surface area contributed by atoms with Gasteiger partial charge in [0.25, 0.3) is 0 Å². The summed E-state index contributed by atoms with van der Waals surface area (Å²) in [5.74, 6) is 0. The lowest BCUT2D eigenvalue weighted by Crippen LogP contribution is -2.54. The standard InChI is InChI=1S/C70H78N2OSi/c1-6-9-11-13-15-25-45-70(46-26-16-14-12-10-7-2)65-48-54(52-33-38-59(39-34-52)72(57-28-19-17-20-29-57)58-30-21-18-22-31-58)35-41-61(65)62-42-36-55(49-66(62)70)53-37-43-67-63(47-53)64-50-60(40-44-68(64)71(67)8-3)74(4,5)69-32-24-23-27-56(69)51-73/h17-24,27-44,47-50,73H,6-16,25-26,45-46,51H2,1-5H3. The number of aryl methyl sites for hydroxylation is 1. The van der Waals surface area contributed by atoms with Gasteiger partial charge in [0.1, 0.15) is 8.07 Å². The van der Waals surface area contributed by atoms with Gasteiger partial charge in [-0.15, -0.1) is 0 Å². The minimum atomic E-state index is -2.14. The lowest BCUT2D eigenvalue weighted by Gasteiger charge is -2.33. The van der Waals surface area contributed by atoms with Crippen LogP contribution < -0.4 is 15.3 Å². The number of aliphatic hydroxyl groups excluding tert-OH is 1. The Bertz CT molecular complexity index is 3260. The van der Waals surface area contributed by atoms with Gasteiger partial charge in [-0.2, -0.15) is 0 Å². The Kier molecular flexibility index (Phi) is 15.8. The fourth-order valence-corrected chi connectivity index (χ4v) is 15.6. The number of nitrogens with zero attached hydrogens (tertiary/aromatic N) is 2. The highest BCUT2D eigenvalue weighted by molar-refractivity contribution is 7.00. The molecule has 0 amide bonds. The molecule has 1 heterocycles. The predicted octanol–water partition coefficient (Wildman–Crippen LogP) is 18.7. The number of hydrogen-bond acceptors (Lipinski definition) is 2. The molecule has 3 nitrogen and oxygen atoms in total. The summed E-state index contributed by atoms with van der Waals surface area (Å²) in [6, 6.07) is 68.7. The number of aromatic nitrogens is 1. The van der Waals surface area contributed by atoms with E-state index < -0.39 is 8.07 Å². The Morgan fingerprint density at radius 3 is 1.47 bits per heavy atom. The van der Waals surface area contributed by atoms with Crippen LogP contribution in [0.3, 0.4) is 0 Å². The van der Waals surface area contributed by atoms with Crippen LogP contribution in [0.4, 0.5) is 17.1 Å². The lowest BCUT2D eigenvalue weighted by atomic mass is 9.70.